The first-order valence-corrected chi connectivity index (χ1v) is 17.1. The van der Waals surface area contributed by atoms with Gasteiger partial charge in [0.25, 0.3) is 0 Å². The molecule has 1 aliphatic heterocycles. The molecule has 4 atom stereocenters. The molecule has 1 aliphatic rings. The highest BCUT2D eigenvalue weighted by Gasteiger charge is 2.45. The lowest BCUT2D eigenvalue weighted by molar-refractivity contribution is -0.0639. The van der Waals surface area contributed by atoms with Gasteiger partial charge in [0.1, 0.15) is 12.2 Å². The van der Waals surface area contributed by atoms with Gasteiger partial charge in [-0.1, -0.05) is 129 Å². The Balaban J connectivity index is 2.27. The van der Waals surface area contributed by atoms with Crippen molar-refractivity contribution in [3.8, 4) is 0 Å². The number of ether oxygens (including phenoxy) is 3. The van der Waals surface area contributed by atoms with Crippen LogP contribution in [-0.4, -0.2) is 57.9 Å². The third kappa shape index (κ3) is 18.7. The van der Waals surface area contributed by atoms with Crippen LogP contribution in [0.5, 0.6) is 0 Å². The monoisotopic (exact) mass is 588 g/mol. The van der Waals surface area contributed by atoms with Crippen molar-refractivity contribution in [1.82, 2.24) is 0 Å². The van der Waals surface area contributed by atoms with Gasteiger partial charge in [0.2, 0.25) is 0 Å². The molecule has 0 spiro atoms. The summed E-state index contributed by atoms with van der Waals surface area (Å²) in [6, 6.07) is 0. The zero-order chi connectivity index (χ0) is 28.6. The quantitative estimate of drug-likeness (QED) is 0.0773. The summed E-state index contributed by atoms with van der Waals surface area (Å²) in [7, 11) is 0. The van der Waals surface area contributed by atoms with Gasteiger partial charge in [-0.05, 0) is 37.3 Å². The highest BCUT2D eigenvalue weighted by Crippen LogP contribution is 2.26. The minimum atomic E-state index is -1.04. The maximum Gasteiger partial charge on any atom is 0.167 e. The van der Waals surface area contributed by atoms with E-state index in [0.717, 1.165) is 32.1 Å². The van der Waals surface area contributed by atoms with E-state index in [1.54, 1.807) is 0 Å². The van der Waals surface area contributed by atoms with E-state index in [2.05, 4.69) is 13.8 Å². The molecule has 0 bridgehead atoms. The first-order chi connectivity index (χ1) is 19.0. The van der Waals surface area contributed by atoms with Crippen molar-refractivity contribution in [2.75, 3.05) is 13.2 Å². The molecule has 0 aromatic rings. The molecule has 0 aromatic heterocycles. The molecule has 1 fully saturated rings. The van der Waals surface area contributed by atoms with Crippen molar-refractivity contribution >= 4 is 34.5 Å². The van der Waals surface area contributed by atoms with Gasteiger partial charge >= 0.3 is 0 Å². The fraction of sp³-hybridized carbons (Fsp3) is 0.938. The number of hydrogen-bond donors (Lipinski definition) is 2. The summed E-state index contributed by atoms with van der Waals surface area (Å²) >= 11 is 11.1. The van der Waals surface area contributed by atoms with Crippen molar-refractivity contribution in [2.24, 2.45) is 0 Å². The van der Waals surface area contributed by atoms with Gasteiger partial charge in [0, 0.05) is 12.8 Å². The zero-order valence-electron chi connectivity index (χ0n) is 25.2. The van der Waals surface area contributed by atoms with Crippen LogP contribution in [0.25, 0.3) is 0 Å². The van der Waals surface area contributed by atoms with Gasteiger partial charge in [-0.3, -0.25) is 0 Å². The van der Waals surface area contributed by atoms with Gasteiger partial charge in [-0.25, -0.2) is 0 Å². The molecule has 230 valence electrons. The second-order valence-electron chi connectivity index (χ2n) is 11.4. The van der Waals surface area contributed by atoms with E-state index in [0.29, 0.717) is 16.5 Å². The number of rotatable bonds is 26. The minimum Gasteiger partial charge on any atom is -0.477 e. The molecule has 1 saturated heterocycles. The molecule has 1 rings (SSSR count). The average Bonchev–Trinajstić information content (AvgIpc) is 3.31. The lowest BCUT2D eigenvalue weighted by atomic mass is 10.1. The third-order valence-electron chi connectivity index (χ3n) is 7.73. The van der Waals surface area contributed by atoms with Crippen molar-refractivity contribution in [2.45, 2.75) is 180 Å². The average molecular weight is 589 g/mol. The van der Waals surface area contributed by atoms with Crippen LogP contribution in [0, 0.1) is 0 Å². The number of aliphatic hydroxyl groups excluding tert-OH is 2. The number of aliphatic hydroxyl groups is 2. The summed E-state index contributed by atoms with van der Waals surface area (Å²) in [5, 5.41) is 20.9. The molecule has 0 radical (unpaired) electrons. The molecule has 1 heterocycles. The van der Waals surface area contributed by atoms with Crippen molar-refractivity contribution < 1.29 is 24.4 Å². The molecule has 0 aromatic carbocycles. The SMILES string of the molecule is CCCCCCCCCCCCC(=S)O[C@@H]1[C@H]([C@@H](O)CO)OC[C@H]1OC(=S)CCCCCCCCCCCC. The van der Waals surface area contributed by atoms with E-state index >= 15 is 0 Å². The fourth-order valence-electron chi connectivity index (χ4n) is 5.24. The standard InChI is InChI=1S/C32H60O5S2/c1-3-5-7-9-11-13-15-17-19-21-23-29(38)36-28-26-35-31(27(34)25-33)32(28)37-30(39)24-22-20-18-16-14-12-10-8-6-4-2/h27-28,31-34H,3-26H2,1-2H3/t27-,28+,31-,32-/m0/s1. The maximum atomic E-state index is 10.3. The van der Waals surface area contributed by atoms with Crippen LogP contribution in [0.4, 0.5) is 0 Å². The Morgan fingerprint density at radius 3 is 1.46 bits per heavy atom. The molecule has 2 N–H and O–H groups in total. The predicted molar refractivity (Wildman–Crippen MR) is 171 cm³/mol. The molecule has 5 nitrogen and oxygen atoms in total. The number of hydrogen-bond acceptors (Lipinski definition) is 7. The summed E-state index contributed by atoms with van der Waals surface area (Å²) in [5.74, 6) is 0. The summed E-state index contributed by atoms with van der Waals surface area (Å²) in [6.07, 6.45) is 24.3. The van der Waals surface area contributed by atoms with Gasteiger partial charge in [0.15, 0.2) is 22.3 Å². The van der Waals surface area contributed by atoms with Crippen LogP contribution < -0.4 is 0 Å². The molecular formula is C32H60O5S2. The predicted octanol–water partition coefficient (Wildman–Crippen LogP) is 8.79. The first kappa shape index (κ1) is 36.7. The Hall–Kier alpha value is -0.340. The lowest BCUT2D eigenvalue weighted by Crippen LogP contribution is -2.44. The molecule has 0 aliphatic carbocycles. The second-order valence-corrected chi connectivity index (χ2v) is 12.3. The smallest absolute Gasteiger partial charge is 0.167 e. The summed E-state index contributed by atoms with van der Waals surface area (Å²) < 4.78 is 17.9. The summed E-state index contributed by atoms with van der Waals surface area (Å²) in [4.78, 5) is 0. The molecule has 7 heteroatoms. The lowest BCUT2D eigenvalue weighted by Gasteiger charge is -2.27. The zero-order valence-corrected chi connectivity index (χ0v) is 26.8. The van der Waals surface area contributed by atoms with E-state index in [1.165, 1.54) is 103 Å². The Morgan fingerprint density at radius 1 is 0.667 bits per heavy atom. The van der Waals surface area contributed by atoms with E-state index in [4.69, 9.17) is 38.6 Å². The Morgan fingerprint density at radius 2 is 1.05 bits per heavy atom. The molecular weight excluding hydrogens is 528 g/mol. The minimum absolute atomic E-state index is 0.269. The number of thiocarbonyl (C=S) groups is 2. The Kier molecular flexibility index (Phi) is 23.9. The van der Waals surface area contributed by atoms with Crippen molar-refractivity contribution in [1.29, 1.82) is 0 Å². The number of unbranched alkanes of at least 4 members (excludes halogenated alkanes) is 18. The highest BCUT2D eigenvalue weighted by molar-refractivity contribution is 7.80. The van der Waals surface area contributed by atoms with Crippen molar-refractivity contribution in [3.63, 3.8) is 0 Å². The Bertz CT molecular complexity index is 603. The van der Waals surface area contributed by atoms with Crippen LogP contribution in [0.2, 0.25) is 0 Å². The van der Waals surface area contributed by atoms with Gasteiger partial charge in [0.05, 0.1) is 13.2 Å². The van der Waals surface area contributed by atoms with Crippen molar-refractivity contribution in [3.05, 3.63) is 0 Å². The topological polar surface area (TPSA) is 68.2 Å². The summed E-state index contributed by atoms with van der Waals surface area (Å²) in [5.41, 5.74) is 0. The Labute approximate surface area is 251 Å². The van der Waals surface area contributed by atoms with E-state index in [1.807, 2.05) is 0 Å². The van der Waals surface area contributed by atoms with Crippen LogP contribution in [0.3, 0.4) is 0 Å². The van der Waals surface area contributed by atoms with Gasteiger partial charge in [-0.15, -0.1) is 0 Å². The third-order valence-corrected chi connectivity index (χ3v) is 8.33. The normalized spacial score (nSPS) is 19.7. The van der Waals surface area contributed by atoms with Gasteiger partial charge < -0.3 is 24.4 Å². The van der Waals surface area contributed by atoms with Crippen LogP contribution >= 0.6 is 24.4 Å². The van der Waals surface area contributed by atoms with E-state index in [9.17, 15) is 10.2 Å². The molecule has 39 heavy (non-hydrogen) atoms. The first-order valence-electron chi connectivity index (χ1n) is 16.3. The molecule has 0 amide bonds. The summed E-state index contributed by atoms with van der Waals surface area (Å²) in [6.45, 7) is 4.38. The van der Waals surface area contributed by atoms with E-state index < -0.39 is 31.0 Å². The largest absolute Gasteiger partial charge is 0.477 e. The molecule has 0 unspecified atom stereocenters. The van der Waals surface area contributed by atoms with Crippen LogP contribution in [0.15, 0.2) is 0 Å². The van der Waals surface area contributed by atoms with Crippen LogP contribution in [0.1, 0.15) is 155 Å². The van der Waals surface area contributed by atoms with E-state index in [-0.39, 0.29) is 6.61 Å². The fourth-order valence-corrected chi connectivity index (χ4v) is 5.76. The molecule has 0 saturated carbocycles. The second kappa shape index (κ2) is 25.4. The van der Waals surface area contributed by atoms with Crippen LogP contribution in [-0.2, 0) is 14.2 Å². The highest BCUT2D eigenvalue weighted by atomic mass is 32.1. The van der Waals surface area contributed by atoms with Gasteiger partial charge in [-0.2, -0.15) is 0 Å². The maximum absolute atomic E-state index is 10.3.